The number of nitrogens with one attached hydrogen (secondary N) is 1. The third-order valence-electron chi connectivity index (χ3n) is 5.84. The third-order valence-corrected chi connectivity index (χ3v) is 5.84. The molecule has 2 fully saturated rings. The van der Waals surface area contributed by atoms with Crippen molar-refractivity contribution in [3.63, 3.8) is 0 Å². The second kappa shape index (κ2) is 6.04. The first kappa shape index (κ1) is 14.3. The van der Waals surface area contributed by atoms with Crippen molar-refractivity contribution < 1.29 is 4.79 Å². The molecule has 3 aliphatic rings. The Hall–Kier alpha value is -1.35. The zero-order chi connectivity index (χ0) is 14.9. The largest absolute Gasteiger partial charge is 0.349 e. The zero-order valence-corrected chi connectivity index (χ0v) is 13.3. The van der Waals surface area contributed by atoms with Crippen LogP contribution in [0.2, 0.25) is 0 Å². The van der Waals surface area contributed by atoms with E-state index in [1.54, 1.807) is 0 Å². The topological polar surface area (TPSA) is 32.3 Å². The van der Waals surface area contributed by atoms with Gasteiger partial charge in [-0.25, -0.2) is 0 Å². The van der Waals surface area contributed by atoms with Gasteiger partial charge in [-0.1, -0.05) is 12.5 Å². The summed E-state index contributed by atoms with van der Waals surface area (Å²) in [4.78, 5) is 15.0. The van der Waals surface area contributed by atoms with Gasteiger partial charge in [-0.05, 0) is 68.2 Å². The van der Waals surface area contributed by atoms with Crippen LogP contribution in [0.1, 0.15) is 60.0 Å². The number of rotatable bonds is 3. The van der Waals surface area contributed by atoms with Crippen molar-refractivity contribution in [1.82, 2.24) is 10.2 Å². The first-order valence-corrected chi connectivity index (χ1v) is 8.96. The molecule has 4 rings (SSSR count). The summed E-state index contributed by atoms with van der Waals surface area (Å²) in [7, 11) is 0. The number of hydrogen-bond acceptors (Lipinski definition) is 2. The summed E-state index contributed by atoms with van der Waals surface area (Å²) in [5.74, 6) is 0.118. The molecule has 0 bridgehead atoms. The van der Waals surface area contributed by atoms with Crippen LogP contribution in [-0.4, -0.2) is 36.0 Å². The van der Waals surface area contributed by atoms with E-state index >= 15 is 0 Å². The molecule has 1 aromatic carbocycles. The quantitative estimate of drug-likeness (QED) is 0.930. The van der Waals surface area contributed by atoms with Gasteiger partial charge >= 0.3 is 0 Å². The SMILES string of the molecule is O=C(NC1CCC1)c1ccc2c(c1)CCN(C1CCC1)CC2. The molecule has 0 spiro atoms. The molecule has 2 saturated carbocycles. The summed E-state index contributed by atoms with van der Waals surface area (Å²) in [5, 5.41) is 3.15. The molecular weight excluding hydrogens is 272 g/mol. The molecule has 3 nitrogen and oxygen atoms in total. The van der Waals surface area contributed by atoms with Crippen molar-refractivity contribution in [3.8, 4) is 0 Å². The highest BCUT2D eigenvalue weighted by Gasteiger charge is 2.26. The average Bonchev–Trinajstić information content (AvgIpc) is 2.63. The minimum Gasteiger partial charge on any atom is -0.349 e. The van der Waals surface area contributed by atoms with Crippen LogP contribution in [-0.2, 0) is 12.8 Å². The van der Waals surface area contributed by atoms with Crippen LogP contribution in [0.25, 0.3) is 0 Å². The fourth-order valence-electron chi connectivity index (χ4n) is 3.82. The minimum atomic E-state index is 0.118. The van der Waals surface area contributed by atoms with Crippen molar-refractivity contribution in [3.05, 3.63) is 34.9 Å². The van der Waals surface area contributed by atoms with Crippen LogP contribution in [0.4, 0.5) is 0 Å². The standard InChI is InChI=1S/C19H26N2O/c22-19(20-17-3-1-4-17)16-8-7-14-9-11-21(18-5-2-6-18)12-10-15(14)13-16/h7-8,13,17-18H,1-6,9-12H2,(H,20,22). The van der Waals surface area contributed by atoms with E-state index in [0.717, 1.165) is 43.8 Å². The van der Waals surface area contributed by atoms with Gasteiger partial charge in [0.05, 0.1) is 0 Å². The molecule has 3 heteroatoms. The molecule has 1 aromatic rings. The maximum Gasteiger partial charge on any atom is 0.251 e. The molecule has 118 valence electrons. The van der Waals surface area contributed by atoms with Crippen LogP contribution in [0.3, 0.4) is 0 Å². The lowest BCUT2D eigenvalue weighted by Crippen LogP contribution is -2.41. The number of hydrogen-bond donors (Lipinski definition) is 1. The van der Waals surface area contributed by atoms with E-state index in [1.807, 2.05) is 6.07 Å². The number of benzene rings is 1. The summed E-state index contributed by atoms with van der Waals surface area (Å²) in [6.45, 7) is 2.34. The first-order valence-electron chi connectivity index (χ1n) is 8.96. The van der Waals surface area contributed by atoms with E-state index in [1.165, 1.54) is 43.4 Å². The maximum atomic E-state index is 12.3. The molecule has 0 unspecified atom stereocenters. The van der Waals surface area contributed by atoms with Gasteiger partial charge < -0.3 is 5.32 Å². The van der Waals surface area contributed by atoms with Gasteiger partial charge in [-0.3, -0.25) is 9.69 Å². The Bertz CT molecular complexity index is 561. The molecule has 0 saturated heterocycles. The number of fused-ring (bicyclic) bond motifs is 1. The number of nitrogens with zero attached hydrogens (tertiary/aromatic N) is 1. The lowest BCUT2D eigenvalue weighted by Gasteiger charge is -2.36. The van der Waals surface area contributed by atoms with E-state index in [4.69, 9.17) is 0 Å². The average molecular weight is 298 g/mol. The van der Waals surface area contributed by atoms with Gasteiger partial charge in [0.15, 0.2) is 0 Å². The van der Waals surface area contributed by atoms with Crippen molar-refractivity contribution in [2.75, 3.05) is 13.1 Å². The van der Waals surface area contributed by atoms with Gasteiger partial charge in [0.25, 0.3) is 5.91 Å². The lowest BCUT2D eigenvalue weighted by atomic mass is 9.91. The van der Waals surface area contributed by atoms with Crippen LogP contribution < -0.4 is 5.32 Å². The Morgan fingerprint density at radius 3 is 2.36 bits per heavy atom. The summed E-state index contributed by atoms with van der Waals surface area (Å²) in [5.41, 5.74) is 3.69. The van der Waals surface area contributed by atoms with Crippen molar-refractivity contribution in [2.45, 2.75) is 63.5 Å². The fraction of sp³-hybridized carbons (Fsp3) is 0.632. The Kier molecular flexibility index (Phi) is 3.91. The van der Waals surface area contributed by atoms with Gasteiger partial charge in [-0.15, -0.1) is 0 Å². The maximum absolute atomic E-state index is 12.3. The normalized spacial score (nSPS) is 23.1. The van der Waals surface area contributed by atoms with Crippen molar-refractivity contribution in [1.29, 1.82) is 0 Å². The van der Waals surface area contributed by atoms with E-state index in [2.05, 4.69) is 22.3 Å². The Morgan fingerprint density at radius 2 is 1.73 bits per heavy atom. The monoisotopic (exact) mass is 298 g/mol. The Balaban J connectivity index is 1.45. The highest BCUT2D eigenvalue weighted by Crippen LogP contribution is 2.27. The molecule has 1 N–H and O–H groups in total. The highest BCUT2D eigenvalue weighted by atomic mass is 16.1. The molecule has 1 heterocycles. The molecular formula is C19H26N2O. The van der Waals surface area contributed by atoms with Gasteiger partial charge in [0, 0.05) is 30.7 Å². The predicted molar refractivity (Wildman–Crippen MR) is 88.2 cm³/mol. The van der Waals surface area contributed by atoms with Gasteiger partial charge in [0.2, 0.25) is 0 Å². The molecule has 0 aromatic heterocycles. The van der Waals surface area contributed by atoms with Gasteiger partial charge in [-0.2, -0.15) is 0 Å². The number of amides is 1. The highest BCUT2D eigenvalue weighted by molar-refractivity contribution is 5.94. The Labute approximate surface area is 133 Å². The first-order chi connectivity index (χ1) is 10.8. The van der Waals surface area contributed by atoms with Crippen LogP contribution in [0.5, 0.6) is 0 Å². The molecule has 22 heavy (non-hydrogen) atoms. The predicted octanol–water partition coefficient (Wildman–Crippen LogP) is 2.92. The van der Waals surface area contributed by atoms with Crippen molar-refractivity contribution >= 4 is 5.91 Å². The van der Waals surface area contributed by atoms with E-state index in [9.17, 15) is 4.79 Å². The van der Waals surface area contributed by atoms with Gasteiger partial charge in [0.1, 0.15) is 0 Å². The zero-order valence-electron chi connectivity index (χ0n) is 13.3. The number of carbonyl (C=O) groups excluding carboxylic acids is 1. The van der Waals surface area contributed by atoms with E-state index < -0.39 is 0 Å². The second-order valence-electron chi connectivity index (χ2n) is 7.21. The Morgan fingerprint density at radius 1 is 1.00 bits per heavy atom. The fourth-order valence-corrected chi connectivity index (χ4v) is 3.82. The van der Waals surface area contributed by atoms with Crippen LogP contribution in [0, 0.1) is 0 Å². The smallest absolute Gasteiger partial charge is 0.251 e. The number of carbonyl (C=O) groups is 1. The lowest BCUT2D eigenvalue weighted by molar-refractivity contribution is 0.0917. The minimum absolute atomic E-state index is 0.118. The van der Waals surface area contributed by atoms with Crippen molar-refractivity contribution in [2.24, 2.45) is 0 Å². The summed E-state index contributed by atoms with van der Waals surface area (Å²) in [6.07, 6.45) is 9.94. The molecule has 0 atom stereocenters. The van der Waals surface area contributed by atoms with Crippen LogP contribution >= 0.6 is 0 Å². The molecule has 1 amide bonds. The van der Waals surface area contributed by atoms with E-state index in [-0.39, 0.29) is 5.91 Å². The molecule has 2 aliphatic carbocycles. The van der Waals surface area contributed by atoms with Crippen LogP contribution in [0.15, 0.2) is 18.2 Å². The van der Waals surface area contributed by atoms with E-state index in [0.29, 0.717) is 6.04 Å². The molecule has 1 aliphatic heterocycles. The summed E-state index contributed by atoms with van der Waals surface area (Å²) < 4.78 is 0. The summed E-state index contributed by atoms with van der Waals surface area (Å²) >= 11 is 0. The molecule has 0 radical (unpaired) electrons. The second-order valence-corrected chi connectivity index (χ2v) is 7.21. The summed E-state index contributed by atoms with van der Waals surface area (Å²) in [6, 6.07) is 7.60. The third kappa shape index (κ3) is 2.79.